The molecule has 1 atom stereocenters. The second-order valence-electron chi connectivity index (χ2n) is 4.66. The molecule has 0 amide bonds. The highest BCUT2D eigenvalue weighted by molar-refractivity contribution is 5.02. The fraction of sp³-hybridized carbons (Fsp3) is 0.600. The predicted octanol–water partition coefficient (Wildman–Crippen LogP) is 5.28. The van der Waals surface area contributed by atoms with Gasteiger partial charge in [0.25, 0.3) is 0 Å². The third-order valence-electron chi connectivity index (χ3n) is 2.61. The molecule has 0 aromatic carbocycles. The van der Waals surface area contributed by atoms with E-state index in [1.165, 1.54) is 36.8 Å². The van der Waals surface area contributed by atoms with Gasteiger partial charge >= 0.3 is 0 Å². The molecule has 86 valence electrons. The molecule has 0 aliphatic heterocycles. The van der Waals surface area contributed by atoms with Crippen LogP contribution >= 0.6 is 0 Å². The molecule has 0 bridgehead atoms. The van der Waals surface area contributed by atoms with Gasteiger partial charge in [-0.2, -0.15) is 0 Å². The fourth-order valence-corrected chi connectivity index (χ4v) is 1.40. The fourth-order valence-electron chi connectivity index (χ4n) is 1.40. The van der Waals surface area contributed by atoms with E-state index in [9.17, 15) is 0 Å². The maximum absolute atomic E-state index is 3.80. The molecule has 0 aromatic rings. The second kappa shape index (κ2) is 8.52. The van der Waals surface area contributed by atoms with Crippen LogP contribution in [0.3, 0.4) is 0 Å². The lowest BCUT2D eigenvalue weighted by molar-refractivity contribution is 0.656. The molecule has 0 spiro atoms. The molecule has 1 unspecified atom stereocenters. The molecule has 0 saturated heterocycles. The summed E-state index contributed by atoms with van der Waals surface area (Å²) in [5.74, 6) is 0.645. The van der Waals surface area contributed by atoms with Crippen LogP contribution in [0.5, 0.6) is 0 Å². The van der Waals surface area contributed by atoms with Crippen LogP contribution in [0.4, 0.5) is 0 Å². The topological polar surface area (TPSA) is 0 Å². The van der Waals surface area contributed by atoms with Crippen molar-refractivity contribution in [3.05, 3.63) is 36.0 Å². The maximum atomic E-state index is 3.80. The van der Waals surface area contributed by atoms with Crippen molar-refractivity contribution in [2.24, 2.45) is 5.92 Å². The molecule has 0 heterocycles. The Morgan fingerprint density at radius 1 is 1.13 bits per heavy atom. The van der Waals surface area contributed by atoms with E-state index < -0.39 is 0 Å². The van der Waals surface area contributed by atoms with Gasteiger partial charge in [-0.25, -0.2) is 0 Å². The molecule has 0 saturated carbocycles. The monoisotopic (exact) mass is 206 g/mol. The summed E-state index contributed by atoms with van der Waals surface area (Å²) in [5, 5.41) is 0. The smallest absolute Gasteiger partial charge is 0.0262 e. The lowest BCUT2D eigenvalue weighted by Gasteiger charge is -2.03. The SMILES string of the molecule is C=CC(C)CC/C=C(/C)CCC=C(C)C. The minimum Gasteiger partial charge on any atom is -0.103 e. The van der Waals surface area contributed by atoms with Crippen LogP contribution in [0.25, 0.3) is 0 Å². The Kier molecular flexibility index (Phi) is 8.08. The Morgan fingerprint density at radius 3 is 2.33 bits per heavy atom. The number of allylic oxidation sites excluding steroid dienone is 5. The first kappa shape index (κ1) is 14.2. The standard InChI is InChI=1S/C15H26/c1-6-14(4)10-8-12-15(5)11-7-9-13(2)3/h6,9,12,14H,1,7-8,10-11H2,2-5H3/b15-12-. The Bertz CT molecular complexity index is 226. The third-order valence-corrected chi connectivity index (χ3v) is 2.61. The zero-order chi connectivity index (χ0) is 11.7. The normalized spacial score (nSPS) is 13.5. The quantitative estimate of drug-likeness (QED) is 0.497. The van der Waals surface area contributed by atoms with Crippen molar-refractivity contribution < 1.29 is 0 Å². The molecule has 0 fully saturated rings. The first-order valence-electron chi connectivity index (χ1n) is 5.97. The summed E-state index contributed by atoms with van der Waals surface area (Å²) in [6.45, 7) is 12.6. The third kappa shape index (κ3) is 9.52. The summed E-state index contributed by atoms with van der Waals surface area (Å²) < 4.78 is 0. The predicted molar refractivity (Wildman–Crippen MR) is 71.0 cm³/mol. The Labute approximate surface area is 95.8 Å². The molecule has 0 rings (SSSR count). The van der Waals surface area contributed by atoms with Crippen LogP contribution in [-0.2, 0) is 0 Å². The summed E-state index contributed by atoms with van der Waals surface area (Å²) in [7, 11) is 0. The Balaban J connectivity index is 3.70. The van der Waals surface area contributed by atoms with E-state index in [0.29, 0.717) is 5.92 Å². The molecule has 0 N–H and O–H groups in total. The van der Waals surface area contributed by atoms with E-state index in [1.54, 1.807) is 0 Å². The van der Waals surface area contributed by atoms with Crippen molar-refractivity contribution >= 4 is 0 Å². The van der Waals surface area contributed by atoms with Crippen molar-refractivity contribution in [2.75, 3.05) is 0 Å². The largest absolute Gasteiger partial charge is 0.103 e. The van der Waals surface area contributed by atoms with Gasteiger partial charge in [-0.05, 0) is 52.4 Å². The summed E-state index contributed by atoms with van der Waals surface area (Å²) in [5.41, 5.74) is 2.94. The average Bonchev–Trinajstić information content (AvgIpc) is 2.17. The van der Waals surface area contributed by atoms with Crippen molar-refractivity contribution in [3.8, 4) is 0 Å². The molecule has 0 heteroatoms. The number of hydrogen-bond acceptors (Lipinski definition) is 0. The maximum Gasteiger partial charge on any atom is -0.0262 e. The molecule has 0 nitrogen and oxygen atoms in total. The van der Waals surface area contributed by atoms with E-state index in [0.717, 1.165) is 0 Å². The van der Waals surface area contributed by atoms with Gasteiger partial charge in [-0.3, -0.25) is 0 Å². The summed E-state index contributed by atoms with van der Waals surface area (Å²) in [4.78, 5) is 0. The highest BCUT2D eigenvalue weighted by atomic mass is 14.0. The molecule has 0 radical (unpaired) electrons. The lowest BCUT2D eigenvalue weighted by atomic mass is 10.0. The van der Waals surface area contributed by atoms with E-state index in [-0.39, 0.29) is 0 Å². The van der Waals surface area contributed by atoms with Gasteiger partial charge in [0.1, 0.15) is 0 Å². The van der Waals surface area contributed by atoms with Gasteiger partial charge < -0.3 is 0 Å². The molecule has 0 aliphatic carbocycles. The Morgan fingerprint density at radius 2 is 1.80 bits per heavy atom. The van der Waals surface area contributed by atoms with Crippen molar-refractivity contribution in [1.82, 2.24) is 0 Å². The van der Waals surface area contributed by atoms with Crippen LogP contribution in [0, 0.1) is 5.92 Å². The van der Waals surface area contributed by atoms with Gasteiger partial charge in [0.15, 0.2) is 0 Å². The minimum atomic E-state index is 0.645. The highest BCUT2D eigenvalue weighted by Gasteiger charge is 1.94. The molecular weight excluding hydrogens is 180 g/mol. The highest BCUT2D eigenvalue weighted by Crippen LogP contribution is 2.11. The van der Waals surface area contributed by atoms with Gasteiger partial charge in [0.2, 0.25) is 0 Å². The summed E-state index contributed by atoms with van der Waals surface area (Å²) in [6.07, 6.45) is 11.5. The zero-order valence-corrected chi connectivity index (χ0v) is 10.8. The van der Waals surface area contributed by atoms with Crippen LogP contribution in [0.15, 0.2) is 36.0 Å². The molecule has 0 aliphatic rings. The number of rotatable bonds is 7. The van der Waals surface area contributed by atoms with Crippen LogP contribution in [0.1, 0.15) is 53.4 Å². The van der Waals surface area contributed by atoms with E-state index >= 15 is 0 Å². The van der Waals surface area contributed by atoms with Gasteiger partial charge in [-0.1, -0.05) is 36.3 Å². The van der Waals surface area contributed by atoms with Crippen molar-refractivity contribution in [1.29, 1.82) is 0 Å². The van der Waals surface area contributed by atoms with Crippen LogP contribution in [-0.4, -0.2) is 0 Å². The van der Waals surface area contributed by atoms with Crippen molar-refractivity contribution in [2.45, 2.75) is 53.4 Å². The van der Waals surface area contributed by atoms with Crippen molar-refractivity contribution in [3.63, 3.8) is 0 Å². The summed E-state index contributed by atoms with van der Waals surface area (Å²) >= 11 is 0. The van der Waals surface area contributed by atoms with Gasteiger partial charge in [-0.15, -0.1) is 6.58 Å². The lowest BCUT2D eigenvalue weighted by Crippen LogP contribution is -1.87. The first-order chi connectivity index (χ1) is 7.06. The van der Waals surface area contributed by atoms with Crippen LogP contribution in [0.2, 0.25) is 0 Å². The van der Waals surface area contributed by atoms with E-state index in [4.69, 9.17) is 0 Å². The van der Waals surface area contributed by atoms with Crippen LogP contribution < -0.4 is 0 Å². The van der Waals surface area contributed by atoms with E-state index in [1.807, 2.05) is 6.08 Å². The zero-order valence-electron chi connectivity index (χ0n) is 10.8. The van der Waals surface area contributed by atoms with Gasteiger partial charge in [0, 0.05) is 0 Å². The van der Waals surface area contributed by atoms with E-state index in [2.05, 4.69) is 46.4 Å². The molecule has 15 heavy (non-hydrogen) atoms. The molecule has 0 aromatic heterocycles. The minimum absolute atomic E-state index is 0.645. The molecular formula is C15H26. The first-order valence-corrected chi connectivity index (χ1v) is 5.97. The second-order valence-corrected chi connectivity index (χ2v) is 4.66. The summed E-state index contributed by atoms with van der Waals surface area (Å²) in [6, 6.07) is 0. The van der Waals surface area contributed by atoms with Gasteiger partial charge in [0.05, 0.1) is 0 Å². The average molecular weight is 206 g/mol. The number of hydrogen-bond donors (Lipinski definition) is 0. The Hall–Kier alpha value is -0.780.